The summed E-state index contributed by atoms with van der Waals surface area (Å²) in [7, 11) is -0.476. The number of thioether (sulfide) groups is 1. The highest BCUT2D eigenvalue weighted by Gasteiger charge is 2.20. The highest BCUT2D eigenvalue weighted by molar-refractivity contribution is 7.98. The third kappa shape index (κ3) is 4.53. The number of aromatic nitrogens is 6. The minimum atomic E-state index is -3.53. The Balaban J connectivity index is 1.67. The van der Waals surface area contributed by atoms with E-state index in [1.54, 1.807) is 16.8 Å². The minimum absolute atomic E-state index is 0.235. The molecular weight excluding hydrogens is 458 g/mol. The van der Waals surface area contributed by atoms with Crippen molar-refractivity contribution in [1.29, 1.82) is 0 Å². The van der Waals surface area contributed by atoms with Gasteiger partial charge in [0.15, 0.2) is 0 Å². The standard InChI is InChI=1S/C22H27N7O2S2/c1-6-11-28-20-10-8-17(33(30,31)27(4)5)13-18(20)23-21(28)14-32-22-24-25-26-29(22)19-9-7-15(2)12-16(19)3/h7-10,12-13H,6,11,14H2,1-5H3. The Kier molecular flexibility index (Phi) is 6.55. The number of benzene rings is 2. The molecule has 11 heteroatoms. The molecule has 0 atom stereocenters. The van der Waals surface area contributed by atoms with Gasteiger partial charge in [-0.15, -0.1) is 5.10 Å². The second-order valence-electron chi connectivity index (χ2n) is 8.07. The van der Waals surface area contributed by atoms with E-state index in [-0.39, 0.29) is 4.90 Å². The van der Waals surface area contributed by atoms with E-state index in [1.807, 2.05) is 25.1 Å². The first-order valence-corrected chi connectivity index (χ1v) is 13.1. The van der Waals surface area contributed by atoms with Crippen LogP contribution in [-0.2, 0) is 22.3 Å². The van der Waals surface area contributed by atoms with Crippen molar-refractivity contribution >= 4 is 32.8 Å². The zero-order valence-corrected chi connectivity index (χ0v) is 21.0. The van der Waals surface area contributed by atoms with Crippen LogP contribution in [0.1, 0.15) is 30.3 Å². The van der Waals surface area contributed by atoms with Gasteiger partial charge >= 0.3 is 0 Å². The summed E-state index contributed by atoms with van der Waals surface area (Å²) in [6, 6.07) is 11.3. The molecular formula is C22H27N7O2S2. The largest absolute Gasteiger partial charge is 0.327 e. The molecule has 0 fully saturated rings. The smallest absolute Gasteiger partial charge is 0.242 e. The van der Waals surface area contributed by atoms with Crippen LogP contribution < -0.4 is 0 Å². The van der Waals surface area contributed by atoms with E-state index < -0.39 is 10.0 Å². The highest BCUT2D eigenvalue weighted by Crippen LogP contribution is 2.28. The van der Waals surface area contributed by atoms with Crippen molar-refractivity contribution in [3.63, 3.8) is 0 Å². The average molecular weight is 486 g/mol. The van der Waals surface area contributed by atoms with Gasteiger partial charge in [-0.05, 0) is 60.5 Å². The molecule has 0 aliphatic carbocycles. The third-order valence-electron chi connectivity index (χ3n) is 5.38. The predicted molar refractivity (Wildman–Crippen MR) is 129 cm³/mol. The first kappa shape index (κ1) is 23.4. The quantitative estimate of drug-likeness (QED) is 0.352. The lowest BCUT2D eigenvalue weighted by Crippen LogP contribution is -2.22. The van der Waals surface area contributed by atoms with Crippen LogP contribution in [0.3, 0.4) is 0 Å². The van der Waals surface area contributed by atoms with Crippen LogP contribution in [0, 0.1) is 13.8 Å². The maximum Gasteiger partial charge on any atom is 0.242 e. The summed E-state index contributed by atoms with van der Waals surface area (Å²) in [4.78, 5) is 5.01. The normalized spacial score (nSPS) is 12.2. The first-order chi connectivity index (χ1) is 15.7. The molecule has 0 saturated heterocycles. The molecule has 0 amide bonds. The molecule has 2 aromatic carbocycles. The number of rotatable bonds is 8. The Labute approximate surface area is 197 Å². The van der Waals surface area contributed by atoms with Gasteiger partial charge in [-0.1, -0.05) is 36.4 Å². The van der Waals surface area contributed by atoms with E-state index in [1.165, 1.54) is 35.7 Å². The molecule has 0 radical (unpaired) electrons. The molecule has 4 aromatic rings. The summed E-state index contributed by atoms with van der Waals surface area (Å²) < 4.78 is 30.2. The first-order valence-electron chi connectivity index (χ1n) is 10.6. The fourth-order valence-electron chi connectivity index (χ4n) is 3.71. The number of tetrazole rings is 1. The van der Waals surface area contributed by atoms with Gasteiger partial charge in [-0.3, -0.25) is 0 Å². The fourth-order valence-corrected chi connectivity index (χ4v) is 5.46. The highest BCUT2D eigenvalue weighted by atomic mass is 32.2. The van der Waals surface area contributed by atoms with Crippen molar-refractivity contribution < 1.29 is 8.42 Å². The third-order valence-corrected chi connectivity index (χ3v) is 8.10. The molecule has 0 bridgehead atoms. The average Bonchev–Trinajstić information content (AvgIpc) is 3.36. The van der Waals surface area contributed by atoms with Crippen LogP contribution in [0.4, 0.5) is 0 Å². The lowest BCUT2D eigenvalue weighted by molar-refractivity contribution is 0.521. The van der Waals surface area contributed by atoms with Crippen LogP contribution >= 0.6 is 11.8 Å². The van der Waals surface area contributed by atoms with Crippen molar-refractivity contribution in [2.45, 2.75) is 49.5 Å². The van der Waals surface area contributed by atoms with Crippen LogP contribution in [0.25, 0.3) is 16.7 Å². The Hall–Kier alpha value is -2.76. The zero-order chi connectivity index (χ0) is 23.8. The molecule has 174 valence electrons. The number of fused-ring (bicyclic) bond motifs is 1. The van der Waals surface area contributed by atoms with Crippen LogP contribution in [0.2, 0.25) is 0 Å². The predicted octanol–water partition coefficient (Wildman–Crippen LogP) is 3.58. The monoisotopic (exact) mass is 485 g/mol. The summed E-state index contributed by atoms with van der Waals surface area (Å²) in [5.41, 5.74) is 4.79. The molecule has 0 spiro atoms. The van der Waals surface area contributed by atoms with E-state index in [0.29, 0.717) is 16.4 Å². The molecule has 9 nitrogen and oxygen atoms in total. The zero-order valence-electron chi connectivity index (χ0n) is 19.3. The van der Waals surface area contributed by atoms with Gasteiger partial charge in [0.1, 0.15) is 5.82 Å². The molecule has 0 N–H and O–H groups in total. The SMILES string of the molecule is CCCn1c(CSc2nnnn2-c2ccc(C)cc2C)nc2cc(S(=O)(=O)N(C)C)ccc21. The lowest BCUT2D eigenvalue weighted by atomic mass is 10.1. The van der Waals surface area contributed by atoms with Gasteiger partial charge in [0.25, 0.3) is 0 Å². The van der Waals surface area contributed by atoms with Gasteiger partial charge in [0.05, 0.1) is 27.4 Å². The number of sulfonamides is 1. The van der Waals surface area contributed by atoms with E-state index in [2.05, 4.69) is 40.0 Å². The van der Waals surface area contributed by atoms with Crippen molar-refractivity contribution in [2.75, 3.05) is 14.1 Å². The topological polar surface area (TPSA) is 98.8 Å². The Morgan fingerprint density at radius 2 is 1.88 bits per heavy atom. The van der Waals surface area contributed by atoms with Gasteiger partial charge in [-0.2, -0.15) is 4.68 Å². The number of hydrogen-bond acceptors (Lipinski definition) is 7. The molecule has 0 aliphatic rings. The molecule has 4 rings (SSSR count). The molecule has 2 heterocycles. The van der Waals surface area contributed by atoms with Crippen molar-refractivity contribution in [1.82, 2.24) is 34.1 Å². The lowest BCUT2D eigenvalue weighted by Gasteiger charge is -2.11. The summed E-state index contributed by atoms with van der Waals surface area (Å²) >= 11 is 1.50. The molecule has 2 aromatic heterocycles. The molecule has 33 heavy (non-hydrogen) atoms. The fraction of sp³-hybridized carbons (Fsp3) is 0.364. The second-order valence-corrected chi connectivity index (χ2v) is 11.2. The Morgan fingerprint density at radius 3 is 2.58 bits per heavy atom. The van der Waals surface area contributed by atoms with Crippen LogP contribution in [0.5, 0.6) is 0 Å². The maximum absolute atomic E-state index is 12.6. The summed E-state index contributed by atoms with van der Waals surface area (Å²) in [5, 5.41) is 12.9. The molecule has 0 unspecified atom stereocenters. The molecule has 0 saturated carbocycles. The Bertz CT molecular complexity index is 1410. The Morgan fingerprint density at radius 1 is 1.09 bits per heavy atom. The minimum Gasteiger partial charge on any atom is -0.327 e. The van der Waals surface area contributed by atoms with E-state index in [4.69, 9.17) is 4.98 Å². The summed E-state index contributed by atoms with van der Waals surface area (Å²) in [5.74, 6) is 1.40. The van der Waals surface area contributed by atoms with E-state index in [9.17, 15) is 8.42 Å². The van der Waals surface area contributed by atoms with Gasteiger partial charge in [0, 0.05) is 20.6 Å². The van der Waals surface area contributed by atoms with E-state index >= 15 is 0 Å². The summed E-state index contributed by atoms with van der Waals surface area (Å²) in [6.07, 6.45) is 0.932. The van der Waals surface area contributed by atoms with Crippen LogP contribution in [-0.4, -0.2) is 56.6 Å². The number of aryl methyl sites for hydroxylation is 3. The number of imidazole rings is 1. The number of nitrogens with zero attached hydrogens (tertiary/aromatic N) is 7. The van der Waals surface area contributed by atoms with Crippen molar-refractivity contribution in [2.24, 2.45) is 0 Å². The van der Waals surface area contributed by atoms with E-state index in [0.717, 1.165) is 35.6 Å². The second kappa shape index (κ2) is 9.24. The molecule has 0 aliphatic heterocycles. The van der Waals surface area contributed by atoms with Crippen molar-refractivity contribution in [3.8, 4) is 5.69 Å². The van der Waals surface area contributed by atoms with Crippen molar-refractivity contribution in [3.05, 3.63) is 53.3 Å². The summed E-state index contributed by atoms with van der Waals surface area (Å²) in [6.45, 7) is 6.99. The maximum atomic E-state index is 12.6. The van der Waals surface area contributed by atoms with Crippen LogP contribution in [0.15, 0.2) is 46.5 Å². The van der Waals surface area contributed by atoms with Gasteiger partial charge < -0.3 is 4.57 Å². The van der Waals surface area contributed by atoms with Gasteiger partial charge in [0.2, 0.25) is 15.2 Å². The van der Waals surface area contributed by atoms with Gasteiger partial charge in [-0.25, -0.2) is 17.7 Å². The number of hydrogen-bond donors (Lipinski definition) is 0.